The second kappa shape index (κ2) is 5.23. The number of hydrogen-bond acceptors (Lipinski definition) is 5. The number of thiazole rings is 1. The molecule has 0 amide bonds. The number of nitrogens with one attached hydrogen (secondary N) is 1. The van der Waals surface area contributed by atoms with Crippen molar-refractivity contribution in [2.45, 2.75) is 45.8 Å². The van der Waals surface area contributed by atoms with E-state index in [4.69, 9.17) is 10.6 Å². The summed E-state index contributed by atoms with van der Waals surface area (Å²) >= 11 is 1.72. The van der Waals surface area contributed by atoms with Crippen molar-refractivity contribution in [3.05, 3.63) is 15.6 Å². The molecule has 0 aliphatic rings. The lowest BCUT2D eigenvalue weighted by Crippen LogP contribution is -2.52. The van der Waals surface area contributed by atoms with Gasteiger partial charge in [0.2, 0.25) is 0 Å². The molecule has 4 nitrogen and oxygen atoms in total. The van der Waals surface area contributed by atoms with Gasteiger partial charge >= 0.3 is 0 Å². The molecule has 1 unspecified atom stereocenters. The Hall–Kier alpha value is -0.490. The molecule has 0 saturated heterocycles. The largest absolute Gasteiger partial charge is 0.377 e. The maximum atomic E-state index is 5.57. The van der Waals surface area contributed by atoms with Gasteiger partial charge in [0.05, 0.1) is 22.3 Å². The smallest absolute Gasteiger partial charge is 0.0948 e. The topological polar surface area (TPSA) is 60.2 Å². The van der Waals surface area contributed by atoms with Crippen LogP contribution in [-0.2, 0) is 11.2 Å². The summed E-state index contributed by atoms with van der Waals surface area (Å²) in [7, 11) is 1.70. The van der Waals surface area contributed by atoms with E-state index in [-0.39, 0.29) is 11.6 Å². The van der Waals surface area contributed by atoms with Crippen LogP contribution >= 0.6 is 11.3 Å². The van der Waals surface area contributed by atoms with E-state index in [0.717, 1.165) is 17.1 Å². The van der Waals surface area contributed by atoms with Crippen molar-refractivity contribution in [3.8, 4) is 0 Å². The van der Waals surface area contributed by atoms with Gasteiger partial charge in [-0.2, -0.15) is 0 Å². The number of nitrogens with zero attached hydrogens (tertiary/aromatic N) is 1. The van der Waals surface area contributed by atoms with Crippen LogP contribution in [0.5, 0.6) is 0 Å². The molecular formula is C11H21N3OS. The molecule has 1 aromatic rings. The lowest BCUT2D eigenvalue weighted by molar-refractivity contribution is -0.0101. The van der Waals surface area contributed by atoms with Crippen molar-refractivity contribution in [3.63, 3.8) is 0 Å². The molecule has 16 heavy (non-hydrogen) atoms. The molecule has 0 aliphatic heterocycles. The van der Waals surface area contributed by atoms with Gasteiger partial charge in [-0.15, -0.1) is 11.3 Å². The van der Waals surface area contributed by atoms with Crippen LogP contribution in [0.1, 0.15) is 29.4 Å². The van der Waals surface area contributed by atoms with Crippen molar-refractivity contribution >= 4 is 11.3 Å². The zero-order chi connectivity index (χ0) is 12.3. The average molecular weight is 243 g/mol. The Morgan fingerprint density at radius 3 is 2.50 bits per heavy atom. The lowest BCUT2D eigenvalue weighted by Gasteiger charge is -2.32. The fourth-order valence-corrected chi connectivity index (χ4v) is 2.43. The van der Waals surface area contributed by atoms with Gasteiger partial charge in [0, 0.05) is 18.4 Å². The quantitative estimate of drug-likeness (QED) is 0.608. The highest BCUT2D eigenvalue weighted by atomic mass is 32.1. The van der Waals surface area contributed by atoms with Crippen molar-refractivity contribution in [2.75, 3.05) is 7.11 Å². The van der Waals surface area contributed by atoms with E-state index in [1.165, 1.54) is 4.88 Å². The summed E-state index contributed by atoms with van der Waals surface area (Å²) in [6, 6.07) is 0.0578. The fourth-order valence-electron chi connectivity index (χ4n) is 1.45. The molecule has 0 bridgehead atoms. The van der Waals surface area contributed by atoms with E-state index in [9.17, 15) is 0 Å². The summed E-state index contributed by atoms with van der Waals surface area (Å²) in [6.45, 7) is 8.15. The highest BCUT2D eigenvalue weighted by molar-refractivity contribution is 7.11. The number of hydrogen-bond donors (Lipinski definition) is 2. The Balaban J connectivity index is 2.78. The third-order valence-corrected chi connectivity index (χ3v) is 4.11. The molecule has 1 aromatic heterocycles. The summed E-state index contributed by atoms with van der Waals surface area (Å²) < 4.78 is 5.43. The maximum Gasteiger partial charge on any atom is 0.0948 e. The number of methoxy groups -OCH3 is 1. The van der Waals surface area contributed by atoms with Gasteiger partial charge in [0.25, 0.3) is 0 Å². The van der Waals surface area contributed by atoms with Gasteiger partial charge in [0.1, 0.15) is 0 Å². The minimum Gasteiger partial charge on any atom is -0.377 e. The molecule has 1 heterocycles. The number of nitrogens with two attached hydrogens (primary N) is 1. The Bertz CT molecular complexity index is 329. The van der Waals surface area contributed by atoms with Crippen LogP contribution < -0.4 is 11.3 Å². The highest BCUT2D eigenvalue weighted by Gasteiger charge is 2.29. The predicted molar refractivity (Wildman–Crippen MR) is 67.5 cm³/mol. The van der Waals surface area contributed by atoms with Crippen LogP contribution in [0.4, 0.5) is 0 Å². The Labute approximate surface area is 101 Å². The molecule has 92 valence electrons. The fraction of sp³-hybridized carbons (Fsp3) is 0.727. The first-order valence-corrected chi connectivity index (χ1v) is 6.16. The standard InChI is InChI=1S/C11H21N3OS/c1-7-8(2)16-10(13-7)6-9(14-12)11(3,4)15-5/h9,14H,6,12H2,1-5H3. The summed E-state index contributed by atoms with van der Waals surface area (Å²) in [6.07, 6.45) is 0.788. The Morgan fingerprint density at radius 1 is 1.50 bits per heavy atom. The van der Waals surface area contributed by atoms with Gasteiger partial charge in [-0.25, -0.2) is 4.98 Å². The van der Waals surface area contributed by atoms with Crippen LogP contribution in [0.15, 0.2) is 0 Å². The number of aromatic nitrogens is 1. The second-order valence-electron chi connectivity index (χ2n) is 4.48. The SMILES string of the molecule is COC(C)(C)C(Cc1nc(C)c(C)s1)NN. The first-order chi connectivity index (χ1) is 7.40. The molecular weight excluding hydrogens is 222 g/mol. The zero-order valence-corrected chi connectivity index (χ0v) is 11.4. The van der Waals surface area contributed by atoms with E-state index < -0.39 is 0 Å². The van der Waals surface area contributed by atoms with Gasteiger partial charge in [0.15, 0.2) is 0 Å². The lowest BCUT2D eigenvalue weighted by atomic mass is 9.96. The minimum absolute atomic E-state index is 0.0578. The molecule has 0 saturated carbocycles. The molecule has 5 heteroatoms. The van der Waals surface area contributed by atoms with Gasteiger partial charge < -0.3 is 4.74 Å². The summed E-state index contributed by atoms with van der Waals surface area (Å²) in [4.78, 5) is 5.78. The van der Waals surface area contributed by atoms with Crippen LogP contribution in [0.2, 0.25) is 0 Å². The first-order valence-electron chi connectivity index (χ1n) is 5.35. The van der Waals surface area contributed by atoms with Crippen LogP contribution in [-0.4, -0.2) is 23.7 Å². The highest BCUT2D eigenvalue weighted by Crippen LogP contribution is 2.22. The first kappa shape index (κ1) is 13.6. The van der Waals surface area contributed by atoms with E-state index in [1.54, 1.807) is 18.4 Å². The van der Waals surface area contributed by atoms with Crippen molar-refractivity contribution < 1.29 is 4.74 Å². The van der Waals surface area contributed by atoms with E-state index in [2.05, 4.69) is 17.3 Å². The summed E-state index contributed by atoms with van der Waals surface area (Å²) in [5.74, 6) is 5.57. The monoisotopic (exact) mass is 243 g/mol. The van der Waals surface area contributed by atoms with E-state index in [1.807, 2.05) is 20.8 Å². The minimum atomic E-state index is -0.303. The molecule has 0 radical (unpaired) electrons. The Morgan fingerprint density at radius 2 is 2.12 bits per heavy atom. The average Bonchev–Trinajstić information content (AvgIpc) is 2.54. The van der Waals surface area contributed by atoms with Crippen molar-refractivity contribution in [2.24, 2.45) is 5.84 Å². The molecule has 1 atom stereocenters. The number of aryl methyl sites for hydroxylation is 2. The van der Waals surface area contributed by atoms with Gasteiger partial charge in [-0.05, 0) is 27.7 Å². The van der Waals surface area contributed by atoms with Gasteiger partial charge in [-0.1, -0.05) is 0 Å². The normalized spacial score (nSPS) is 14.1. The van der Waals surface area contributed by atoms with Crippen molar-refractivity contribution in [1.82, 2.24) is 10.4 Å². The third-order valence-electron chi connectivity index (χ3n) is 3.02. The second-order valence-corrected chi connectivity index (χ2v) is 5.77. The van der Waals surface area contributed by atoms with Crippen LogP contribution in [0.3, 0.4) is 0 Å². The zero-order valence-electron chi connectivity index (χ0n) is 10.6. The molecule has 1 rings (SSSR count). The van der Waals surface area contributed by atoms with Crippen molar-refractivity contribution in [1.29, 1.82) is 0 Å². The molecule has 0 spiro atoms. The maximum absolute atomic E-state index is 5.57. The molecule has 0 aromatic carbocycles. The summed E-state index contributed by atoms with van der Waals surface area (Å²) in [5, 5.41) is 1.10. The molecule has 0 fully saturated rings. The van der Waals surface area contributed by atoms with Crippen LogP contribution in [0, 0.1) is 13.8 Å². The third kappa shape index (κ3) is 3.01. The Kier molecular flexibility index (Phi) is 4.43. The molecule has 0 aliphatic carbocycles. The summed E-state index contributed by atoms with van der Waals surface area (Å²) in [5.41, 5.74) is 3.61. The number of rotatable bonds is 5. The molecule has 3 N–H and O–H groups in total. The van der Waals surface area contributed by atoms with E-state index in [0.29, 0.717) is 0 Å². The number of ether oxygens (including phenoxy) is 1. The van der Waals surface area contributed by atoms with E-state index >= 15 is 0 Å². The van der Waals surface area contributed by atoms with Crippen LogP contribution in [0.25, 0.3) is 0 Å². The van der Waals surface area contributed by atoms with Gasteiger partial charge in [-0.3, -0.25) is 11.3 Å². The predicted octanol–water partition coefficient (Wildman–Crippen LogP) is 1.56. The number of hydrazine groups is 1.